The minimum atomic E-state index is -0.0588. The number of hydrogen-bond acceptors (Lipinski definition) is 5. The zero-order valence-electron chi connectivity index (χ0n) is 14.5. The molecule has 23 heavy (non-hydrogen) atoms. The van der Waals surface area contributed by atoms with Gasteiger partial charge in [0.2, 0.25) is 5.91 Å². The highest BCUT2D eigenvalue weighted by Crippen LogP contribution is 2.27. The van der Waals surface area contributed by atoms with Gasteiger partial charge in [0.15, 0.2) is 0 Å². The number of hydrogen-bond donors (Lipinski definition) is 1. The molecule has 1 aromatic heterocycles. The maximum Gasteiger partial charge on any atom is 0.244 e. The van der Waals surface area contributed by atoms with E-state index in [2.05, 4.69) is 36.0 Å². The van der Waals surface area contributed by atoms with E-state index in [1.807, 2.05) is 19.2 Å². The molecule has 0 aliphatic carbocycles. The van der Waals surface area contributed by atoms with Crippen LogP contribution in [-0.2, 0) is 14.9 Å². The number of carbonyl (C=O) groups is 1. The number of nitrogens with zero attached hydrogens (tertiary/aromatic N) is 2. The van der Waals surface area contributed by atoms with Gasteiger partial charge in [-0.05, 0) is 13.0 Å². The van der Waals surface area contributed by atoms with E-state index in [4.69, 9.17) is 4.74 Å². The lowest BCUT2D eigenvalue weighted by molar-refractivity contribution is -0.117. The van der Waals surface area contributed by atoms with Gasteiger partial charge in [0.25, 0.3) is 0 Å². The smallest absolute Gasteiger partial charge is 0.244 e. The Hall–Kier alpha value is -1.24. The van der Waals surface area contributed by atoms with Crippen LogP contribution in [0, 0.1) is 0 Å². The highest BCUT2D eigenvalue weighted by molar-refractivity contribution is 7.12. The summed E-state index contributed by atoms with van der Waals surface area (Å²) in [4.78, 5) is 19.8. The van der Waals surface area contributed by atoms with E-state index in [1.54, 1.807) is 17.4 Å². The first-order valence-corrected chi connectivity index (χ1v) is 8.91. The Labute approximate surface area is 142 Å². The Morgan fingerprint density at radius 1 is 1.48 bits per heavy atom. The predicted octanol–water partition coefficient (Wildman–Crippen LogP) is 2.29. The number of ether oxygens (including phenoxy) is 1. The van der Waals surface area contributed by atoms with Gasteiger partial charge in [0.1, 0.15) is 0 Å². The van der Waals surface area contributed by atoms with Crippen molar-refractivity contribution in [1.82, 2.24) is 15.2 Å². The fourth-order valence-corrected chi connectivity index (χ4v) is 3.25. The molecule has 0 spiro atoms. The van der Waals surface area contributed by atoms with Crippen molar-refractivity contribution in [3.8, 4) is 0 Å². The Kier molecular flexibility index (Phi) is 6.33. The molecule has 1 aliphatic rings. The van der Waals surface area contributed by atoms with Crippen molar-refractivity contribution in [2.24, 2.45) is 0 Å². The minimum Gasteiger partial charge on any atom is -0.379 e. The number of nitrogens with one attached hydrogen (secondary N) is 1. The van der Waals surface area contributed by atoms with Crippen LogP contribution in [0.4, 0.5) is 0 Å². The van der Waals surface area contributed by atoms with Gasteiger partial charge < -0.3 is 10.1 Å². The summed E-state index contributed by atoms with van der Waals surface area (Å²) in [5, 5.41) is 4.09. The van der Waals surface area contributed by atoms with Gasteiger partial charge in [-0.15, -0.1) is 11.3 Å². The van der Waals surface area contributed by atoms with Crippen LogP contribution in [0.2, 0.25) is 0 Å². The second kappa shape index (κ2) is 8.04. The summed E-state index contributed by atoms with van der Waals surface area (Å²) >= 11 is 1.63. The van der Waals surface area contributed by atoms with Crippen LogP contribution in [0.1, 0.15) is 37.6 Å². The standard InChI is InChI=1S/C17H27N3O2S/c1-13(12-20-7-9-22-10-8-20)19-15(21)6-5-14-11-18-16(23-14)17(2,3)4/h5-6,11,13H,7-10,12H2,1-4H3,(H,19,21)/b6-5-/t13-/m0/s1. The summed E-state index contributed by atoms with van der Waals surface area (Å²) in [5.41, 5.74) is 0.0473. The van der Waals surface area contributed by atoms with E-state index in [-0.39, 0.29) is 17.4 Å². The highest BCUT2D eigenvalue weighted by atomic mass is 32.1. The number of thiazole rings is 1. The number of carbonyl (C=O) groups excluding carboxylic acids is 1. The normalized spacial score (nSPS) is 18.3. The predicted molar refractivity (Wildman–Crippen MR) is 94.7 cm³/mol. The van der Waals surface area contributed by atoms with Crippen LogP contribution in [0.25, 0.3) is 6.08 Å². The first-order chi connectivity index (χ1) is 10.8. The van der Waals surface area contributed by atoms with Gasteiger partial charge in [-0.1, -0.05) is 20.8 Å². The second-order valence-corrected chi connectivity index (χ2v) is 8.04. The Morgan fingerprint density at radius 3 is 2.78 bits per heavy atom. The van der Waals surface area contributed by atoms with Crippen molar-refractivity contribution in [2.75, 3.05) is 32.8 Å². The largest absolute Gasteiger partial charge is 0.379 e. The van der Waals surface area contributed by atoms with Crippen LogP contribution in [0.5, 0.6) is 0 Å². The Morgan fingerprint density at radius 2 is 2.17 bits per heavy atom. The molecule has 1 N–H and O–H groups in total. The molecule has 1 amide bonds. The van der Waals surface area contributed by atoms with Crippen LogP contribution in [0.15, 0.2) is 12.3 Å². The summed E-state index contributed by atoms with van der Waals surface area (Å²) in [6.07, 6.45) is 5.26. The third-order valence-electron chi connectivity index (χ3n) is 3.59. The summed E-state index contributed by atoms with van der Waals surface area (Å²) in [5.74, 6) is -0.0588. The average Bonchev–Trinajstić information content (AvgIpc) is 2.95. The van der Waals surface area contributed by atoms with Crippen molar-refractivity contribution in [3.63, 3.8) is 0 Å². The highest BCUT2D eigenvalue weighted by Gasteiger charge is 2.17. The van der Waals surface area contributed by atoms with E-state index in [1.165, 1.54) is 0 Å². The van der Waals surface area contributed by atoms with Crippen LogP contribution >= 0.6 is 11.3 Å². The van der Waals surface area contributed by atoms with E-state index >= 15 is 0 Å². The van der Waals surface area contributed by atoms with Crippen molar-refractivity contribution in [2.45, 2.75) is 39.2 Å². The van der Waals surface area contributed by atoms with Gasteiger partial charge in [0, 0.05) is 48.2 Å². The maximum absolute atomic E-state index is 12.0. The van der Waals surface area contributed by atoms with Crippen LogP contribution < -0.4 is 5.32 Å². The summed E-state index contributed by atoms with van der Waals surface area (Å²) in [6, 6.07) is 0.122. The molecule has 0 aromatic carbocycles. The third kappa shape index (κ3) is 6.05. The van der Waals surface area contributed by atoms with E-state index in [9.17, 15) is 4.79 Å². The third-order valence-corrected chi connectivity index (χ3v) is 4.98. The topological polar surface area (TPSA) is 54.5 Å². The molecule has 128 valence electrons. The summed E-state index contributed by atoms with van der Waals surface area (Å²) in [6.45, 7) is 12.7. The molecule has 0 unspecified atom stereocenters. The lowest BCUT2D eigenvalue weighted by atomic mass is 9.98. The zero-order chi connectivity index (χ0) is 16.9. The molecule has 1 fully saturated rings. The second-order valence-electron chi connectivity index (χ2n) is 6.97. The molecular formula is C17H27N3O2S. The number of amides is 1. The fraction of sp³-hybridized carbons (Fsp3) is 0.647. The molecule has 1 aliphatic heterocycles. The average molecular weight is 337 g/mol. The van der Waals surface area contributed by atoms with Gasteiger partial charge in [-0.3, -0.25) is 9.69 Å². The first kappa shape index (κ1) is 18.1. The Bertz CT molecular complexity index is 542. The molecule has 2 rings (SSSR count). The molecule has 5 nitrogen and oxygen atoms in total. The number of morpholine rings is 1. The number of rotatable bonds is 5. The molecule has 6 heteroatoms. The van der Waals surface area contributed by atoms with Gasteiger partial charge in [-0.2, -0.15) is 0 Å². The molecular weight excluding hydrogens is 310 g/mol. The van der Waals surface area contributed by atoms with Gasteiger partial charge in [-0.25, -0.2) is 4.98 Å². The minimum absolute atomic E-state index is 0.0473. The monoisotopic (exact) mass is 337 g/mol. The zero-order valence-corrected chi connectivity index (χ0v) is 15.3. The molecule has 0 bridgehead atoms. The fourth-order valence-electron chi connectivity index (χ4n) is 2.38. The summed E-state index contributed by atoms with van der Waals surface area (Å²) in [7, 11) is 0. The molecule has 0 saturated carbocycles. The van der Waals surface area contributed by atoms with E-state index in [0.717, 1.165) is 42.7 Å². The van der Waals surface area contributed by atoms with Crippen molar-refractivity contribution in [1.29, 1.82) is 0 Å². The molecule has 0 radical (unpaired) electrons. The molecule has 1 aromatic rings. The maximum atomic E-state index is 12.0. The lowest BCUT2D eigenvalue weighted by Gasteiger charge is -2.29. The van der Waals surface area contributed by atoms with Crippen molar-refractivity contribution >= 4 is 23.3 Å². The van der Waals surface area contributed by atoms with Crippen molar-refractivity contribution < 1.29 is 9.53 Å². The van der Waals surface area contributed by atoms with Crippen molar-refractivity contribution in [3.05, 3.63) is 22.2 Å². The van der Waals surface area contributed by atoms with Gasteiger partial charge in [0.05, 0.1) is 18.2 Å². The Balaban J connectivity index is 1.80. The van der Waals surface area contributed by atoms with Crippen LogP contribution in [-0.4, -0.2) is 54.7 Å². The lowest BCUT2D eigenvalue weighted by Crippen LogP contribution is -2.45. The van der Waals surface area contributed by atoms with E-state index < -0.39 is 0 Å². The molecule has 1 atom stereocenters. The number of aromatic nitrogens is 1. The summed E-state index contributed by atoms with van der Waals surface area (Å²) < 4.78 is 5.33. The quantitative estimate of drug-likeness (QED) is 0.838. The van der Waals surface area contributed by atoms with Crippen LogP contribution in [0.3, 0.4) is 0 Å². The SMILES string of the molecule is C[C@@H](CN1CCOCC1)NC(=O)/C=C\c1cnc(C(C)(C)C)s1. The van der Waals surface area contributed by atoms with Gasteiger partial charge >= 0.3 is 0 Å². The van der Waals surface area contributed by atoms with E-state index in [0.29, 0.717) is 0 Å². The molecule has 2 heterocycles. The molecule has 1 saturated heterocycles. The first-order valence-electron chi connectivity index (χ1n) is 8.09.